The third-order valence-electron chi connectivity index (χ3n) is 8.61. The molecule has 0 bridgehead atoms. The van der Waals surface area contributed by atoms with Crippen molar-refractivity contribution in [1.29, 1.82) is 0 Å². The fourth-order valence-electron chi connectivity index (χ4n) is 6.75. The number of carbonyl (C=O) groups excluding carboxylic acids is 1. The lowest BCUT2D eigenvalue weighted by atomic mass is 9.82. The van der Waals surface area contributed by atoms with E-state index in [1.165, 1.54) is 4.68 Å². The van der Waals surface area contributed by atoms with Gasteiger partial charge in [-0.25, -0.2) is 0 Å². The van der Waals surface area contributed by atoms with Gasteiger partial charge in [0.05, 0.1) is 34.8 Å². The molecule has 1 N–H and O–H groups in total. The first-order valence-electron chi connectivity index (χ1n) is 13.8. The van der Waals surface area contributed by atoms with E-state index >= 15 is 4.11 Å². The number of aryl methyl sites for hydroxylation is 1. The van der Waals surface area contributed by atoms with Crippen molar-refractivity contribution in [2.45, 2.75) is 56.7 Å². The number of aliphatic hydroxyl groups is 1. The topological polar surface area (TPSA) is 115 Å². The summed E-state index contributed by atoms with van der Waals surface area (Å²) in [5.41, 5.74) is 0.349. The largest absolute Gasteiger partial charge is 0.396 e. The van der Waals surface area contributed by atoms with Gasteiger partial charge in [0.15, 0.2) is 5.60 Å². The van der Waals surface area contributed by atoms with E-state index in [-0.39, 0.29) is 18.1 Å². The van der Waals surface area contributed by atoms with Crippen molar-refractivity contribution >= 4 is 30.8 Å². The molecule has 6 rings (SSSR count). The molecule has 0 aliphatic carbocycles. The molecule has 214 valence electrons. The summed E-state index contributed by atoms with van der Waals surface area (Å²) in [5, 5.41) is 23.1. The van der Waals surface area contributed by atoms with E-state index < -0.39 is 31.6 Å². The Morgan fingerprint density at radius 1 is 1.17 bits per heavy atom. The van der Waals surface area contributed by atoms with Crippen molar-refractivity contribution < 1.29 is 18.7 Å². The molecule has 2 aromatic carbocycles. The Kier molecular flexibility index (Phi) is 6.67. The van der Waals surface area contributed by atoms with Crippen molar-refractivity contribution in [3.05, 3.63) is 76.5 Å². The molecule has 1 spiro atoms. The Hall–Kier alpha value is -3.74. The molecule has 2 aromatic heterocycles. The average molecular weight is 577 g/mol. The average Bonchev–Trinajstić information content (AvgIpc) is 3.58. The number of amides is 1. The highest BCUT2D eigenvalue weighted by Crippen LogP contribution is 2.60. The van der Waals surface area contributed by atoms with Crippen LogP contribution < -0.4 is 10.5 Å². The predicted octanol–water partition coefficient (Wildman–Crippen LogP) is 3.35. The van der Waals surface area contributed by atoms with E-state index in [0.29, 0.717) is 47.4 Å². The molecule has 10 nitrogen and oxygen atoms in total. The number of ether oxygens (including phenoxy) is 1. The Balaban J connectivity index is 1.41. The number of hydrogen-bond donors (Lipinski definition) is 1. The first kappa shape index (κ1) is 27.4. The third-order valence-corrected chi connectivity index (χ3v) is 11.1. The second-order valence-corrected chi connectivity index (χ2v) is 15.3. The summed E-state index contributed by atoms with van der Waals surface area (Å²) >= 11 is 0. The van der Waals surface area contributed by atoms with Crippen LogP contribution in [0.2, 0.25) is 18.6 Å². The highest BCUT2D eigenvalue weighted by molar-refractivity contribution is 6.72. The van der Waals surface area contributed by atoms with Crippen LogP contribution in [0.4, 0.5) is 9.80 Å². The fourth-order valence-corrected chi connectivity index (χ4v) is 9.30. The van der Waals surface area contributed by atoms with Gasteiger partial charge in [0.1, 0.15) is 0 Å². The van der Waals surface area contributed by atoms with E-state index in [1.54, 1.807) is 66.4 Å². The standard InChI is InChI=1S/C29H33FN6O4Si/c1-18-26(41(3,4)30)25(11-13-35-17-20(12-14-37)32-33-35)40-29(18)23-15-21(9-10-24(23)34(2)28(29)39)36-27(38)22-8-6-5-7-19(22)16-31-36/h5-10,15-18,25-26,37H,11-14H2,1-4H3/t18-,25+,26-,29+/m1/s1. The lowest BCUT2D eigenvalue weighted by molar-refractivity contribution is -0.145. The van der Waals surface area contributed by atoms with Gasteiger partial charge in [-0.15, -0.1) is 5.10 Å². The number of aliphatic hydroxyl groups excluding tert-OH is 1. The molecule has 4 heterocycles. The van der Waals surface area contributed by atoms with Crippen molar-refractivity contribution in [3.8, 4) is 5.69 Å². The van der Waals surface area contributed by atoms with Crippen LogP contribution in [0.25, 0.3) is 16.5 Å². The number of hydrogen-bond acceptors (Lipinski definition) is 7. The summed E-state index contributed by atoms with van der Waals surface area (Å²) in [6.45, 7) is 5.64. The highest BCUT2D eigenvalue weighted by Gasteiger charge is 2.66. The SMILES string of the molecule is C[C@@H]1[C@@H]([Si](C)(C)F)[C@H](CCn2cc(CCO)nn2)O[C@@]12C(=O)N(C)c1ccc(-n3ncc4ccccc4c3=O)cc12. The fraction of sp³-hybridized carbons (Fsp3) is 0.414. The van der Waals surface area contributed by atoms with Crippen LogP contribution in [-0.4, -0.2) is 64.0 Å². The highest BCUT2D eigenvalue weighted by atomic mass is 28.4. The molecular weight excluding hydrogens is 543 g/mol. The summed E-state index contributed by atoms with van der Waals surface area (Å²) < 4.78 is 25.8. The van der Waals surface area contributed by atoms with Crippen molar-refractivity contribution in [2.24, 2.45) is 5.92 Å². The molecule has 12 heteroatoms. The van der Waals surface area contributed by atoms with Gasteiger partial charge in [0.25, 0.3) is 11.5 Å². The third kappa shape index (κ3) is 4.32. The van der Waals surface area contributed by atoms with Gasteiger partial charge in [-0.05, 0) is 43.8 Å². The maximum absolute atomic E-state index is 16.0. The molecule has 0 unspecified atom stereocenters. The summed E-state index contributed by atoms with van der Waals surface area (Å²) in [6.07, 6.45) is 3.72. The van der Waals surface area contributed by atoms with E-state index in [9.17, 15) is 14.7 Å². The zero-order chi connectivity index (χ0) is 29.1. The molecule has 1 amide bonds. The van der Waals surface area contributed by atoms with Gasteiger partial charge in [0.2, 0.25) is 8.41 Å². The van der Waals surface area contributed by atoms with E-state index in [4.69, 9.17) is 4.74 Å². The van der Waals surface area contributed by atoms with Gasteiger partial charge in [-0.2, -0.15) is 9.78 Å². The molecule has 0 saturated carbocycles. The molecule has 1 saturated heterocycles. The number of anilines is 1. The Bertz CT molecular complexity index is 1700. The van der Waals surface area contributed by atoms with Gasteiger partial charge in [-0.1, -0.05) is 30.3 Å². The molecule has 2 aliphatic heterocycles. The van der Waals surface area contributed by atoms with Crippen LogP contribution in [-0.2, 0) is 28.1 Å². The number of benzene rings is 2. The minimum absolute atomic E-state index is 0.0218. The maximum atomic E-state index is 16.0. The minimum Gasteiger partial charge on any atom is -0.396 e. The van der Waals surface area contributed by atoms with Gasteiger partial charge >= 0.3 is 0 Å². The van der Waals surface area contributed by atoms with Gasteiger partial charge in [-0.3, -0.25) is 14.3 Å². The summed E-state index contributed by atoms with van der Waals surface area (Å²) in [7, 11) is -1.62. The molecule has 1 fully saturated rings. The Labute approximate surface area is 237 Å². The number of rotatable bonds is 7. The van der Waals surface area contributed by atoms with Crippen LogP contribution in [0.5, 0.6) is 0 Å². The lowest BCUT2D eigenvalue weighted by Crippen LogP contribution is -2.44. The number of likely N-dealkylation sites (N-methyl/N-ethyl adjacent to an activating group) is 1. The van der Waals surface area contributed by atoms with Crippen LogP contribution in [0.1, 0.15) is 24.6 Å². The number of halogens is 1. The predicted molar refractivity (Wildman–Crippen MR) is 154 cm³/mol. The maximum Gasteiger partial charge on any atom is 0.279 e. The second-order valence-electron chi connectivity index (χ2n) is 11.5. The monoisotopic (exact) mass is 576 g/mol. The van der Waals surface area contributed by atoms with Crippen molar-refractivity contribution in [3.63, 3.8) is 0 Å². The van der Waals surface area contributed by atoms with E-state index in [0.717, 1.165) is 5.39 Å². The number of nitrogens with zero attached hydrogens (tertiary/aromatic N) is 6. The van der Waals surface area contributed by atoms with E-state index in [1.807, 2.05) is 25.1 Å². The minimum atomic E-state index is -3.32. The van der Waals surface area contributed by atoms with Crippen molar-refractivity contribution in [2.75, 3.05) is 18.6 Å². The summed E-state index contributed by atoms with van der Waals surface area (Å²) in [4.78, 5) is 28.9. The van der Waals surface area contributed by atoms with Crippen LogP contribution in [0.3, 0.4) is 0 Å². The first-order chi connectivity index (χ1) is 19.6. The lowest BCUT2D eigenvalue weighted by Gasteiger charge is -2.31. The van der Waals surface area contributed by atoms with Gasteiger partial charge < -0.3 is 18.9 Å². The zero-order valence-corrected chi connectivity index (χ0v) is 24.5. The first-order valence-corrected chi connectivity index (χ1v) is 16.8. The second kappa shape index (κ2) is 9.96. The molecule has 0 radical (unpaired) electrons. The molecule has 4 aromatic rings. The number of aromatic nitrogens is 5. The number of fused-ring (bicyclic) bond motifs is 3. The smallest absolute Gasteiger partial charge is 0.279 e. The normalized spacial score (nSPS) is 24.1. The quantitative estimate of drug-likeness (QED) is 0.265. The number of carbonyl (C=O) groups is 1. The summed E-state index contributed by atoms with van der Waals surface area (Å²) in [5.74, 6) is -0.694. The Morgan fingerprint density at radius 2 is 1.95 bits per heavy atom. The van der Waals surface area contributed by atoms with E-state index in [2.05, 4.69) is 15.4 Å². The van der Waals surface area contributed by atoms with Crippen LogP contribution >= 0.6 is 0 Å². The summed E-state index contributed by atoms with van der Waals surface area (Å²) in [6, 6.07) is 12.6. The van der Waals surface area contributed by atoms with Crippen LogP contribution in [0, 0.1) is 5.92 Å². The molecule has 41 heavy (non-hydrogen) atoms. The van der Waals surface area contributed by atoms with Crippen LogP contribution in [0.15, 0.2) is 59.7 Å². The molecule has 4 atom stereocenters. The Morgan fingerprint density at radius 3 is 2.71 bits per heavy atom. The van der Waals surface area contributed by atoms with Gasteiger partial charge in [0, 0.05) is 55.2 Å². The van der Waals surface area contributed by atoms with Crippen molar-refractivity contribution in [1.82, 2.24) is 24.8 Å². The zero-order valence-electron chi connectivity index (χ0n) is 23.5. The molecular formula is C29H33FN6O4Si. The molecule has 2 aliphatic rings.